The van der Waals surface area contributed by atoms with Gasteiger partial charge in [0.1, 0.15) is 5.75 Å². The normalized spacial score (nSPS) is 20.4. The van der Waals surface area contributed by atoms with Gasteiger partial charge in [-0.1, -0.05) is 12.1 Å². The van der Waals surface area contributed by atoms with E-state index in [0.717, 1.165) is 29.1 Å². The van der Waals surface area contributed by atoms with Crippen LogP contribution in [0.4, 0.5) is 0 Å². The Morgan fingerprint density at radius 3 is 3.00 bits per heavy atom. The van der Waals surface area contributed by atoms with Crippen molar-refractivity contribution < 1.29 is 14.6 Å². The Morgan fingerprint density at radius 2 is 2.27 bits per heavy atom. The van der Waals surface area contributed by atoms with Crippen LogP contribution in [0.25, 0.3) is 0 Å². The summed E-state index contributed by atoms with van der Waals surface area (Å²) in [5.74, 6) is 0.537. The summed E-state index contributed by atoms with van der Waals surface area (Å²) in [5.41, 5.74) is 1.46. The molecular weight excluding hydrogens is 332 g/mol. The highest BCUT2D eigenvalue weighted by atomic mass is 16.5. The highest BCUT2D eigenvalue weighted by Gasteiger charge is 2.41. The number of piperidine rings is 1. The number of aromatic nitrogens is 2. The molecule has 3 rings (SSSR count). The van der Waals surface area contributed by atoms with Crippen LogP contribution in [-0.4, -0.2) is 51.9 Å². The summed E-state index contributed by atoms with van der Waals surface area (Å²) in [5, 5.41) is 21.1. The molecule has 3 N–H and O–H groups in total. The predicted molar refractivity (Wildman–Crippen MR) is 97.6 cm³/mol. The number of likely N-dealkylation sites (tertiary alicyclic amines) is 1. The second-order valence-electron chi connectivity index (χ2n) is 6.86. The Balaban J connectivity index is 1.60. The average Bonchev–Trinajstić information content (AvgIpc) is 3.04. The average molecular weight is 358 g/mol. The van der Waals surface area contributed by atoms with Crippen LogP contribution >= 0.6 is 0 Å². The van der Waals surface area contributed by atoms with E-state index in [1.54, 1.807) is 12.0 Å². The van der Waals surface area contributed by atoms with E-state index in [4.69, 9.17) is 4.74 Å². The minimum absolute atomic E-state index is 0.215. The lowest BCUT2D eigenvalue weighted by Crippen LogP contribution is -2.57. The summed E-state index contributed by atoms with van der Waals surface area (Å²) in [7, 11) is 1.62. The summed E-state index contributed by atoms with van der Waals surface area (Å²) < 4.78 is 5.24. The highest BCUT2D eigenvalue weighted by molar-refractivity contribution is 5.86. The molecular formula is C19H26N4O3. The second-order valence-corrected chi connectivity index (χ2v) is 6.86. The molecule has 1 aromatic carbocycles. The Labute approximate surface area is 153 Å². The van der Waals surface area contributed by atoms with Gasteiger partial charge in [-0.15, -0.1) is 0 Å². The lowest BCUT2D eigenvalue weighted by Gasteiger charge is -2.38. The first-order chi connectivity index (χ1) is 12.5. The predicted octanol–water partition coefficient (Wildman–Crippen LogP) is 1.37. The maximum Gasteiger partial charge on any atom is 0.256 e. The summed E-state index contributed by atoms with van der Waals surface area (Å²) in [6.07, 6.45) is 1.24. The number of nitrogens with one attached hydrogen (secondary N) is 2. The molecule has 26 heavy (non-hydrogen) atoms. The molecule has 1 amide bonds. The van der Waals surface area contributed by atoms with Crippen molar-refractivity contribution in [1.82, 2.24) is 20.4 Å². The van der Waals surface area contributed by atoms with E-state index in [-0.39, 0.29) is 12.5 Å². The van der Waals surface area contributed by atoms with E-state index < -0.39 is 5.60 Å². The van der Waals surface area contributed by atoms with Gasteiger partial charge in [0.05, 0.1) is 12.8 Å². The van der Waals surface area contributed by atoms with Crippen molar-refractivity contribution in [3.63, 3.8) is 0 Å². The molecule has 2 aromatic rings. The molecule has 0 bridgehead atoms. The molecule has 7 nitrogen and oxygen atoms in total. The molecule has 0 spiro atoms. The van der Waals surface area contributed by atoms with Gasteiger partial charge in [0.25, 0.3) is 5.91 Å². The molecule has 1 unspecified atom stereocenters. The van der Waals surface area contributed by atoms with Crippen LogP contribution in [0.2, 0.25) is 0 Å². The maximum absolute atomic E-state index is 12.8. The number of rotatable bonds is 7. The van der Waals surface area contributed by atoms with E-state index in [2.05, 4.69) is 15.5 Å². The number of aliphatic hydroxyl groups is 1. The van der Waals surface area contributed by atoms with Gasteiger partial charge in [-0.05, 0) is 43.5 Å². The van der Waals surface area contributed by atoms with Gasteiger partial charge >= 0.3 is 0 Å². The van der Waals surface area contributed by atoms with Crippen molar-refractivity contribution in [1.29, 1.82) is 0 Å². The first-order valence-corrected chi connectivity index (χ1v) is 8.86. The molecule has 1 atom stereocenters. The van der Waals surface area contributed by atoms with Gasteiger partial charge in [0.15, 0.2) is 5.60 Å². The lowest BCUT2D eigenvalue weighted by molar-refractivity contribution is -0.157. The Kier molecular flexibility index (Phi) is 5.58. The zero-order valence-corrected chi connectivity index (χ0v) is 15.3. The van der Waals surface area contributed by atoms with Crippen LogP contribution in [0.3, 0.4) is 0 Å². The van der Waals surface area contributed by atoms with Crippen molar-refractivity contribution in [2.75, 3.05) is 20.2 Å². The number of nitrogens with zero attached hydrogens (tertiary/aromatic N) is 2. The van der Waals surface area contributed by atoms with Crippen LogP contribution in [-0.2, 0) is 17.9 Å². The summed E-state index contributed by atoms with van der Waals surface area (Å²) in [4.78, 5) is 14.6. The van der Waals surface area contributed by atoms with Gasteiger partial charge in [0, 0.05) is 31.9 Å². The maximum atomic E-state index is 12.8. The Morgan fingerprint density at radius 1 is 1.42 bits per heavy atom. The number of H-pyrrole nitrogens is 1. The van der Waals surface area contributed by atoms with Crippen molar-refractivity contribution in [3.8, 4) is 5.75 Å². The number of benzene rings is 1. The number of hydrogen-bond donors (Lipinski definition) is 3. The number of hydrogen-bond acceptors (Lipinski definition) is 5. The quantitative estimate of drug-likeness (QED) is 0.695. The second kappa shape index (κ2) is 7.88. The fraction of sp³-hybridized carbons (Fsp3) is 0.474. The third-order valence-corrected chi connectivity index (χ3v) is 4.69. The fourth-order valence-electron chi connectivity index (χ4n) is 3.33. The summed E-state index contributed by atoms with van der Waals surface area (Å²) in [6, 6.07) is 9.59. The molecule has 7 heteroatoms. The number of ether oxygens (including phenoxy) is 1. The van der Waals surface area contributed by atoms with Crippen molar-refractivity contribution >= 4 is 5.91 Å². The number of carbonyl (C=O) groups excluding carboxylic acids is 1. The van der Waals surface area contributed by atoms with Crippen molar-refractivity contribution in [3.05, 3.63) is 47.3 Å². The number of aromatic amines is 1. The van der Waals surface area contributed by atoms with Crippen LogP contribution in [0.1, 0.15) is 29.8 Å². The third-order valence-electron chi connectivity index (χ3n) is 4.69. The number of carbonyl (C=O) groups is 1. The molecule has 140 valence electrons. The van der Waals surface area contributed by atoms with Crippen LogP contribution in [0.15, 0.2) is 30.3 Å². The standard InChI is InChI=1S/C19H26N4O3/c1-14-9-16(22-21-14)11-20-13-19(25)7-4-8-23(18(19)24)12-15-5-3-6-17(10-15)26-2/h3,5-6,9-10,20,25H,4,7-8,11-13H2,1-2H3,(H,21,22). The number of methoxy groups -OCH3 is 1. The van der Waals surface area contributed by atoms with Crippen LogP contribution in [0.5, 0.6) is 5.75 Å². The highest BCUT2D eigenvalue weighted by Crippen LogP contribution is 2.24. The number of aryl methyl sites for hydroxylation is 1. The minimum Gasteiger partial charge on any atom is -0.497 e. The van der Waals surface area contributed by atoms with E-state index in [9.17, 15) is 9.90 Å². The smallest absolute Gasteiger partial charge is 0.256 e. The van der Waals surface area contributed by atoms with Crippen LogP contribution < -0.4 is 10.1 Å². The number of amides is 1. The first kappa shape index (κ1) is 18.4. The third kappa shape index (κ3) is 4.23. The van der Waals surface area contributed by atoms with E-state index in [1.165, 1.54) is 0 Å². The van der Waals surface area contributed by atoms with Crippen LogP contribution in [0, 0.1) is 6.92 Å². The lowest BCUT2D eigenvalue weighted by atomic mass is 9.91. The monoisotopic (exact) mass is 358 g/mol. The largest absolute Gasteiger partial charge is 0.497 e. The minimum atomic E-state index is -1.37. The molecule has 0 radical (unpaired) electrons. The Bertz CT molecular complexity index is 761. The molecule has 0 aliphatic carbocycles. The van der Waals surface area contributed by atoms with E-state index in [0.29, 0.717) is 26.1 Å². The molecule has 1 aromatic heterocycles. The van der Waals surface area contributed by atoms with E-state index in [1.807, 2.05) is 37.3 Å². The Hall–Kier alpha value is -2.38. The topological polar surface area (TPSA) is 90.5 Å². The van der Waals surface area contributed by atoms with Gasteiger partial charge in [-0.25, -0.2) is 0 Å². The zero-order chi connectivity index (χ0) is 18.6. The van der Waals surface area contributed by atoms with Gasteiger partial charge in [-0.2, -0.15) is 5.10 Å². The zero-order valence-electron chi connectivity index (χ0n) is 15.3. The first-order valence-electron chi connectivity index (χ1n) is 8.86. The molecule has 1 aliphatic rings. The van der Waals surface area contributed by atoms with Crippen molar-refractivity contribution in [2.45, 2.75) is 38.5 Å². The van der Waals surface area contributed by atoms with E-state index >= 15 is 0 Å². The summed E-state index contributed by atoms with van der Waals surface area (Å²) in [6.45, 7) is 3.78. The van der Waals surface area contributed by atoms with Gasteiger partial charge < -0.3 is 20.1 Å². The van der Waals surface area contributed by atoms with Gasteiger partial charge in [0.2, 0.25) is 0 Å². The summed E-state index contributed by atoms with van der Waals surface area (Å²) >= 11 is 0. The molecule has 2 heterocycles. The van der Waals surface area contributed by atoms with Crippen molar-refractivity contribution in [2.24, 2.45) is 0 Å². The molecule has 1 fully saturated rings. The van der Waals surface area contributed by atoms with Gasteiger partial charge in [-0.3, -0.25) is 9.89 Å². The molecule has 0 saturated carbocycles. The molecule has 1 aliphatic heterocycles. The molecule has 1 saturated heterocycles. The SMILES string of the molecule is COc1cccc(CN2CCCC(O)(CNCc3cc(C)[nH]n3)C2=O)c1. The fourth-order valence-corrected chi connectivity index (χ4v) is 3.33.